The molecule has 262 valence electrons. The van der Waals surface area contributed by atoms with Gasteiger partial charge in [0.1, 0.15) is 18.3 Å². The van der Waals surface area contributed by atoms with Crippen LogP contribution in [0.3, 0.4) is 0 Å². The van der Waals surface area contributed by atoms with E-state index in [-0.39, 0.29) is 39.1 Å². The zero-order chi connectivity index (χ0) is 34.2. The van der Waals surface area contributed by atoms with Gasteiger partial charge in [-0.15, -0.1) is 0 Å². The Morgan fingerprint density at radius 2 is 1.55 bits per heavy atom. The zero-order valence-corrected chi connectivity index (χ0v) is 29.0. The zero-order valence-electron chi connectivity index (χ0n) is 29.0. The van der Waals surface area contributed by atoms with Crippen LogP contribution in [-0.4, -0.2) is 74.3 Å². The first kappa shape index (κ1) is 33.7. The summed E-state index contributed by atoms with van der Waals surface area (Å²) in [6, 6.07) is 0. The smallest absolute Gasteiger partial charge is 0.335 e. The normalized spacial score (nSPS) is 54.6. The number of hydrogen-bond acceptors (Lipinski definition) is 7. The molecule has 47 heavy (non-hydrogen) atoms. The Labute approximate surface area is 278 Å². The van der Waals surface area contributed by atoms with Gasteiger partial charge in [0.15, 0.2) is 12.4 Å². The Hall–Kier alpha value is -1.78. The van der Waals surface area contributed by atoms with Crippen molar-refractivity contribution in [2.75, 3.05) is 0 Å². The summed E-state index contributed by atoms with van der Waals surface area (Å²) in [7, 11) is 0. The van der Waals surface area contributed by atoms with Gasteiger partial charge in [-0.05, 0) is 110 Å². The fourth-order valence-corrected chi connectivity index (χ4v) is 13.4. The Morgan fingerprint density at radius 3 is 2.23 bits per heavy atom. The largest absolute Gasteiger partial charge is 0.481 e. The Bertz CT molecular complexity index is 1400. The van der Waals surface area contributed by atoms with Crippen LogP contribution in [0, 0.1) is 49.7 Å². The van der Waals surface area contributed by atoms with Gasteiger partial charge in [0.2, 0.25) is 0 Å². The minimum Gasteiger partial charge on any atom is -0.481 e. The van der Waals surface area contributed by atoms with Gasteiger partial charge in [-0.3, -0.25) is 4.79 Å². The minimum absolute atomic E-state index is 0.0116. The number of ether oxygens (including phenoxy) is 2. The molecular formula is C38H56O9. The Morgan fingerprint density at radius 1 is 0.851 bits per heavy atom. The van der Waals surface area contributed by atoms with Gasteiger partial charge >= 0.3 is 11.9 Å². The molecule has 5 fully saturated rings. The highest BCUT2D eigenvalue weighted by atomic mass is 16.7. The fraction of sp³-hybridized carbons (Fsp3) is 0.842. The fourth-order valence-electron chi connectivity index (χ4n) is 13.4. The van der Waals surface area contributed by atoms with E-state index in [0.29, 0.717) is 18.8 Å². The molecule has 0 aromatic rings. The number of allylic oxidation sites excluding steroid dienone is 4. The first-order valence-electron chi connectivity index (χ1n) is 18.0. The monoisotopic (exact) mass is 656 g/mol. The second-order valence-corrected chi connectivity index (χ2v) is 18.4. The molecule has 14 atom stereocenters. The van der Waals surface area contributed by atoms with Crippen molar-refractivity contribution in [3.8, 4) is 0 Å². The molecule has 9 nitrogen and oxygen atoms in total. The lowest BCUT2D eigenvalue weighted by Crippen LogP contribution is -2.68. The van der Waals surface area contributed by atoms with Crippen LogP contribution in [0.25, 0.3) is 0 Å². The number of aliphatic carboxylic acids is 2. The number of carboxylic acid groups (broad SMARTS) is 2. The standard InChI is InChI=1S/C38H56O9/c1-32(2)21-10-15-35(5)22(34(21,4)14-11-24(32)46-30-27(41)25(39)26(40)28(47-30)29(42)43)8-9-23-36(35,6)17-19-37(31(44)45)18-16-33(3)12-7-13-38(23,37)20-33/h7,9,13,21-22,24-28,30,39-41H,8,10-12,14-20H2,1-6H3,(H,42,43)(H,44,45). The summed E-state index contributed by atoms with van der Waals surface area (Å²) in [5.41, 5.74) is -0.157. The molecule has 7 aliphatic rings. The van der Waals surface area contributed by atoms with Crippen molar-refractivity contribution in [2.24, 2.45) is 49.7 Å². The summed E-state index contributed by atoms with van der Waals surface area (Å²) in [6.45, 7) is 14.2. The lowest BCUT2D eigenvalue weighted by Gasteiger charge is -2.73. The van der Waals surface area contributed by atoms with Crippen molar-refractivity contribution in [1.29, 1.82) is 0 Å². The van der Waals surface area contributed by atoms with Crippen molar-refractivity contribution >= 4 is 11.9 Å². The molecule has 1 heterocycles. The van der Waals surface area contributed by atoms with Gasteiger partial charge in [-0.1, -0.05) is 65.3 Å². The molecule has 9 heteroatoms. The van der Waals surface area contributed by atoms with Gasteiger partial charge in [-0.25, -0.2) is 4.79 Å². The Kier molecular flexibility index (Phi) is 7.44. The van der Waals surface area contributed by atoms with E-state index in [4.69, 9.17) is 9.47 Å². The number of rotatable bonds is 4. The molecule has 6 aliphatic carbocycles. The van der Waals surface area contributed by atoms with Crippen LogP contribution >= 0.6 is 0 Å². The van der Waals surface area contributed by atoms with E-state index >= 15 is 0 Å². The molecule has 14 unspecified atom stereocenters. The van der Waals surface area contributed by atoms with E-state index in [0.717, 1.165) is 57.8 Å². The van der Waals surface area contributed by atoms with E-state index in [1.165, 1.54) is 5.57 Å². The van der Waals surface area contributed by atoms with Crippen LogP contribution in [0.1, 0.15) is 112 Å². The molecule has 7 rings (SSSR count). The van der Waals surface area contributed by atoms with Crippen molar-refractivity contribution in [1.82, 2.24) is 0 Å². The maximum atomic E-state index is 13.3. The SMILES string of the molecule is CC12CC=CC3(C1)C1=CCC4C5(C)CCC(OC6OC(C(=O)O)C(O)C(O)C6O)C(C)(C)C5CCC4(C)C1(C)CCC3(C(=O)O)CC2. The van der Waals surface area contributed by atoms with Crippen molar-refractivity contribution in [3.05, 3.63) is 23.8 Å². The number of carboxylic acids is 2. The van der Waals surface area contributed by atoms with Gasteiger partial charge in [0.05, 0.1) is 11.5 Å². The van der Waals surface area contributed by atoms with Crippen molar-refractivity contribution in [2.45, 2.75) is 149 Å². The van der Waals surface area contributed by atoms with Gasteiger partial charge in [0, 0.05) is 5.41 Å². The molecule has 0 aromatic heterocycles. The third-order valence-corrected chi connectivity index (χ3v) is 16.2. The lowest BCUT2D eigenvalue weighted by molar-refractivity contribution is -0.324. The molecule has 1 spiro atoms. The quantitative estimate of drug-likeness (QED) is 0.196. The van der Waals surface area contributed by atoms with Crippen molar-refractivity contribution in [3.63, 3.8) is 0 Å². The predicted molar refractivity (Wildman–Crippen MR) is 173 cm³/mol. The summed E-state index contributed by atoms with van der Waals surface area (Å²) in [5, 5.41) is 51.8. The van der Waals surface area contributed by atoms with E-state index in [1.54, 1.807) is 0 Å². The maximum absolute atomic E-state index is 13.3. The third-order valence-electron chi connectivity index (χ3n) is 16.2. The molecule has 0 aromatic carbocycles. The highest BCUT2D eigenvalue weighted by molar-refractivity contribution is 5.79. The molecule has 1 saturated heterocycles. The first-order valence-corrected chi connectivity index (χ1v) is 18.0. The van der Waals surface area contributed by atoms with Crippen LogP contribution in [-0.2, 0) is 19.1 Å². The minimum atomic E-state index is -1.75. The summed E-state index contributed by atoms with van der Waals surface area (Å²) >= 11 is 0. The van der Waals surface area contributed by atoms with Crippen molar-refractivity contribution < 1.29 is 44.6 Å². The highest BCUT2D eigenvalue weighted by Gasteiger charge is 2.73. The van der Waals surface area contributed by atoms with Crippen LogP contribution in [0.2, 0.25) is 0 Å². The predicted octanol–water partition coefficient (Wildman–Crippen LogP) is 5.46. The van der Waals surface area contributed by atoms with E-state index in [2.05, 4.69) is 59.8 Å². The lowest BCUT2D eigenvalue weighted by atomic mass is 9.30. The van der Waals surface area contributed by atoms with Crippen LogP contribution < -0.4 is 0 Å². The topological polar surface area (TPSA) is 154 Å². The van der Waals surface area contributed by atoms with E-state index in [9.17, 15) is 35.1 Å². The molecule has 0 radical (unpaired) electrons. The summed E-state index contributed by atoms with van der Waals surface area (Å²) < 4.78 is 11.9. The van der Waals surface area contributed by atoms with E-state index in [1.807, 2.05) is 0 Å². The summed E-state index contributed by atoms with van der Waals surface area (Å²) in [5.74, 6) is -1.37. The number of aliphatic hydroxyl groups is 3. The first-order chi connectivity index (χ1) is 21.8. The van der Waals surface area contributed by atoms with Gasteiger partial charge < -0.3 is 35.0 Å². The maximum Gasteiger partial charge on any atom is 0.335 e. The number of aliphatic hydroxyl groups excluding tert-OH is 3. The summed E-state index contributed by atoms with van der Waals surface area (Å²) in [4.78, 5) is 25.0. The van der Waals surface area contributed by atoms with Gasteiger partial charge in [-0.2, -0.15) is 0 Å². The van der Waals surface area contributed by atoms with Crippen LogP contribution in [0.4, 0.5) is 0 Å². The molecule has 5 N–H and O–H groups in total. The van der Waals surface area contributed by atoms with Crippen LogP contribution in [0.5, 0.6) is 0 Å². The third kappa shape index (κ3) is 4.19. The number of carbonyl (C=O) groups is 2. The molecule has 1 aliphatic heterocycles. The average molecular weight is 657 g/mol. The van der Waals surface area contributed by atoms with Crippen LogP contribution in [0.15, 0.2) is 23.8 Å². The molecule has 2 bridgehead atoms. The summed E-state index contributed by atoms with van der Waals surface area (Å²) in [6.07, 6.45) is 8.48. The highest BCUT2D eigenvalue weighted by Crippen LogP contribution is 2.79. The number of hydrogen-bond donors (Lipinski definition) is 5. The molecule has 0 amide bonds. The second-order valence-electron chi connectivity index (χ2n) is 18.4. The average Bonchev–Trinajstić information content (AvgIpc) is 2.98. The molecule has 4 saturated carbocycles. The van der Waals surface area contributed by atoms with E-state index < -0.39 is 53.5 Å². The molecular weight excluding hydrogens is 600 g/mol. The second kappa shape index (κ2) is 10.4. The number of fused-ring (bicyclic) bond motifs is 6. The van der Waals surface area contributed by atoms with Gasteiger partial charge in [0.25, 0.3) is 0 Å². The Balaban J connectivity index is 1.21.